The smallest absolute Gasteiger partial charge is 0.329 e. The fourth-order valence-corrected chi connectivity index (χ4v) is 20.2. The van der Waals surface area contributed by atoms with Gasteiger partial charge in [0.05, 0.1) is 0 Å². The van der Waals surface area contributed by atoms with Crippen LogP contribution in [0.1, 0.15) is 91.5 Å². The van der Waals surface area contributed by atoms with E-state index in [1.807, 2.05) is 0 Å². The number of anilines is 3. The Morgan fingerprint density at radius 2 is 1.26 bits per heavy atom. The minimum absolute atomic E-state index is 0.0836. The van der Waals surface area contributed by atoms with Gasteiger partial charge < -0.3 is 9.38 Å². The highest BCUT2D eigenvalue weighted by molar-refractivity contribution is 6.88. The molecule has 0 N–H and O–H groups in total. The monoisotopic (exact) mass is 884 g/mol. The van der Waals surface area contributed by atoms with Crippen LogP contribution in [0.25, 0.3) is 54.8 Å². The zero-order valence-electron chi connectivity index (χ0n) is 39.1. The number of fused-ring (bicyclic) bond motifs is 12. The molecule has 10 aliphatic rings. The highest BCUT2D eigenvalue weighted by Crippen LogP contribution is 2.84. The molecule has 1 aromatic heterocycles. The molecule has 9 aromatic rings. The Morgan fingerprint density at radius 1 is 0.522 bits per heavy atom. The fourth-order valence-electron chi connectivity index (χ4n) is 20.2. The first kappa shape index (κ1) is 36.6. The Hall–Kier alpha value is -6.32. The molecule has 5 unspecified atom stereocenters. The van der Waals surface area contributed by atoms with Crippen molar-refractivity contribution in [2.75, 3.05) is 4.90 Å². The molecule has 2 bridgehead atoms. The van der Waals surface area contributed by atoms with Crippen LogP contribution >= 0.6 is 0 Å². The maximum atomic E-state index is 2.90. The van der Waals surface area contributed by atoms with Crippen LogP contribution < -0.4 is 15.8 Å². The van der Waals surface area contributed by atoms with Crippen LogP contribution in [0.5, 0.6) is 0 Å². The number of aromatic nitrogens is 1. The van der Waals surface area contributed by atoms with Gasteiger partial charge in [-0.2, -0.15) is 0 Å². The van der Waals surface area contributed by atoms with Gasteiger partial charge in [0, 0.05) is 55.8 Å². The van der Waals surface area contributed by atoms with Crippen LogP contribution in [-0.2, 0) is 17.3 Å². The highest BCUT2D eigenvalue weighted by atomic mass is 15.1. The highest BCUT2D eigenvalue weighted by Gasteiger charge is 2.77. The van der Waals surface area contributed by atoms with Gasteiger partial charge in [-0.05, 0) is 237 Å². The zero-order valence-corrected chi connectivity index (χ0v) is 39.1. The third-order valence-electron chi connectivity index (χ3n) is 22.6. The van der Waals surface area contributed by atoms with Crippen LogP contribution in [0, 0.1) is 40.9 Å². The second-order valence-corrected chi connectivity index (χ2v) is 24.4. The molecule has 0 radical (unpaired) electrons. The number of rotatable bonds is 5. The molecule has 8 aromatic carbocycles. The summed E-state index contributed by atoms with van der Waals surface area (Å²) in [6.45, 7) is 0.0836. The largest absolute Gasteiger partial charge is 0.375 e. The predicted molar refractivity (Wildman–Crippen MR) is 283 cm³/mol. The number of para-hydroxylation sites is 2. The summed E-state index contributed by atoms with van der Waals surface area (Å²) in [4.78, 5) is 2.55. The summed E-state index contributed by atoms with van der Waals surface area (Å²) in [5, 5.41) is 5.81. The number of nitrogens with zero attached hydrogens (tertiary/aromatic N) is 2. The summed E-state index contributed by atoms with van der Waals surface area (Å²) < 4.78 is 2.90. The predicted octanol–water partition coefficient (Wildman–Crippen LogP) is 14.5. The summed E-state index contributed by atoms with van der Waals surface area (Å²) in [6, 6.07) is 62.8. The molecular formula is C66H53BN2. The van der Waals surface area contributed by atoms with Gasteiger partial charge in [-0.15, -0.1) is 0 Å². The van der Waals surface area contributed by atoms with Crippen molar-refractivity contribution in [3.63, 3.8) is 0 Å². The van der Waals surface area contributed by atoms with E-state index in [1.165, 1.54) is 146 Å². The van der Waals surface area contributed by atoms with Crippen molar-refractivity contribution < 1.29 is 0 Å². The average Bonchev–Trinajstić information content (AvgIpc) is 3.99. The molecule has 7 fully saturated rings. The van der Waals surface area contributed by atoms with Crippen molar-refractivity contribution in [2.24, 2.45) is 40.9 Å². The molecule has 19 rings (SSSR count). The Labute approximate surface area is 404 Å². The topological polar surface area (TPSA) is 8.17 Å². The Balaban J connectivity index is 0.942. The van der Waals surface area contributed by atoms with E-state index in [2.05, 4.69) is 167 Å². The van der Waals surface area contributed by atoms with Gasteiger partial charge in [-0.1, -0.05) is 97.1 Å². The van der Waals surface area contributed by atoms with Gasteiger partial charge in [0.15, 0.2) is 0 Å². The average molecular weight is 885 g/mol. The van der Waals surface area contributed by atoms with Crippen molar-refractivity contribution in [1.82, 2.24) is 4.48 Å². The minimum atomic E-state index is 0.0836. The van der Waals surface area contributed by atoms with Crippen LogP contribution in [0.3, 0.4) is 0 Å². The van der Waals surface area contributed by atoms with E-state index >= 15 is 0 Å². The molecule has 1 spiro atoms. The van der Waals surface area contributed by atoms with Crippen molar-refractivity contribution in [3.8, 4) is 22.3 Å². The van der Waals surface area contributed by atoms with Gasteiger partial charge >= 0.3 is 6.85 Å². The quantitative estimate of drug-likeness (QED) is 0.156. The van der Waals surface area contributed by atoms with Crippen LogP contribution in [0.15, 0.2) is 158 Å². The molecule has 5 atom stereocenters. The van der Waals surface area contributed by atoms with E-state index in [9.17, 15) is 0 Å². The van der Waals surface area contributed by atoms with E-state index < -0.39 is 0 Å². The van der Waals surface area contributed by atoms with E-state index in [4.69, 9.17) is 0 Å². The van der Waals surface area contributed by atoms with Crippen molar-refractivity contribution in [3.05, 3.63) is 186 Å². The lowest BCUT2D eigenvalue weighted by molar-refractivity contribution is -0.175. The lowest BCUT2D eigenvalue weighted by Gasteiger charge is -2.66. The SMILES string of the molecule is c1ccc(N(c2ccccc2)c2cc3c4c(c2)C2Cc5c(ccc6ccccc56)-c5cccc(c52)B4n2c4ccc(C56C7CCC5CC6C7)cc4c4cc(C56CC7CC8CC(C5)C87C6)cc-3c42)cc1. The summed E-state index contributed by atoms with van der Waals surface area (Å²) in [6.07, 6.45) is 14.0. The van der Waals surface area contributed by atoms with Crippen molar-refractivity contribution >= 4 is 67.4 Å². The van der Waals surface area contributed by atoms with Crippen LogP contribution in [0.2, 0.25) is 0 Å². The standard InChI is InChI=1S/C66H53BN2/c1-3-11-46(12-4-1)68(47-13-5-2-6-14-47)48-31-55-54-33-52-49-15-8-7-10-37(49)18-22-50(52)51-16-9-17-59(61(51)54)67-62(55)56(32-48)58-30-41(64-34-44-26-42-27-45(35-64)65(42,44)36-64)29-57-53-28-40(21-23-60(53)69(67)63(57)58)66-38-19-20-39(66)25-43(66)24-38/h1-18,21-23,28-32,38-39,42-45,54H,19-20,24-27,33-36H2. The fraction of sp³-hybridized carbons (Fsp3) is 0.303. The molecule has 3 heteroatoms. The first-order valence-electron chi connectivity index (χ1n) is 26.9. The van der Waals surface area contributed by atoms with E-state index in [0.717, 1.165) is 41.9 Å². The van der Waals surface area contributed by atoms with Gasteiger partial charge in [-0.3, -0.25) is 0 Å². The number of benzene rings is 8. The van der Waals surface area contributed by atoms with Gasteiger partial charge in [0.1, 0.15) is 0 Å². The molecular weight excluding hydrogens is 832 g/mol. The summed E-state index contributed by atoms with van der Waals surface area (Å²) in [7, 11) is 0. The summed E-state index contributed by atoms with van der Waals surface area (Å²) in [5.74, 6) is 5.79. The van der Waals surface area contributed by atoms with Crippen LogP contribution in [0.4, 0.5) is 17.1 Å². The number of hydrogen-bond donors (Lipinski definition) is 0. The Kier molecular flexibility index (Phi) is 6.36. The molecule has 8 aliphatic carbocycles. The maximum Gasteiger partial charge on any atom is 0.329 e. The second kappa shape index (κ2) is 12.0. The van der Waals surface area contributed by atoms with E-state index in [1.54, 1.807) is 22.2 Å². The normalized spacial score (nSPS) is 32.1. The van der Waals surface area contributed by atoms with Crippen molar-refractivity contribution in [1.29, 1.82) is 0 Å². The Morgan fingerprint density at radius 3 is 2.01 bits per heavy atom. The second-order valence-electron chi connectivity index (χ2n) is 24.4. The molecule has 69 heavy (non-hydrogen) atoms. The molecule has 0 amide bonds. The lowest BCUT2D eigenvalue weighted by Crippen LogP contribution is -2.61. The molecule has 7 saturated carbocycles. The molecule has 2 nitrogen and oxygen atoms in total. The molecule has 330 valence electrons. The third kappa shape index (κ3) is 4.02. The molecule has 3 heterocycles. The Bertz CT molecular complexity index is 3770. The van der Waals surface area contributed by atoms with E-state index in [0.29, 0.717) is 16.2 Å². The minimum Gasteiger partial charge on any atom is -0.375 e. The number of hydrogen-bond acceptors (Lipinski definition) is 1. The van der Waals surface area contributed by atoms with Crippen LogP contribution in [-0.4, -0.2) is 11.3 Å². The van der Waals surface area contributed by atoms with Gasteiger partial charge in [0.25, 0.3) is 0 Å². The summed E-state index contributed by atoms with van der Waals surface area (Å²) in [5.41, 5.74) is 24.8. The lowest BCUT2D eigenvalue weighted by atomic mass is 9.38. The first-order chi connectivity index (χ1) is 34.1. The van der Waals surface area contributed by atoms with Crippen molar-refractivity contribution in [2.45, 2.75) is 81.0 Å². The van der Waals surface area contributed by atoms with Gasteiger partial charge in [-0.25, -0.2) is 0 Å². The summed E-state index contributed by atoms with van der Waals surface area (Å²) >= 11 is 0. The maximum absolute atomic E-state index is 2.90. The molecule has 2 aliphatic heterocycles. The van der Waals surface area contributed by atoms with Gasteiger partial charge in [0.2, 0.25) is 0 Å². The van der Waals surface area contributed by atoms with E-state index in [-0.39, 0.29) is 12.8 Å². The third-order valence-corrected chi connectivity index (χ3v) is 22.6. The first-order valence-corrected chi connectivity index (χ1v) is 26.9. The molecule has 0 saturated heterocycles. The zero-order chi connectivity index (χ0) is 44.3.